The topological polar surface area (TPSA) is 108 Å². The highest BCUT2D eigenvalue weighted by Crippen LogP contribution is 2.01. The van der Waals surface area contributed by atoms with Crippen LogP contribution in [0.15, 0.2) is 30.5 Å². The predicted molar refractivity (Wildman–Crippen MR) is 63.0 cm³/mol. The van der Waals surface area contributed by atoms with Gasteiger partial charge in [-0.3, -0.25) is 0 Å². The molecule has 19 heavy (non-hydrogen) atoms. The van der Waals surface area contributed by atoms with Crippen LogP contribution in [-0.2, 0) is 0 Å². The lowest BCUT2D eigenvalue weighted by molar-refractivity contribution is -0.669. The molecule has 8 nitrogen and oxygen atoms in total. The lowest BCUT2D eigenvalue weighted by Crippen LogP contribution is -2.29. The van der Waals surface area contributed by atoms with Crippen molar-refractivity contribution in [2.45, 2.75) is 0 Å². The van der Waals surface area contributed by atoms with E-state index in [2.05, 4.69) is 20.0 Å². The van der Waals surface area contributed by atoms with Crippen LogP contribution in [0.5, 0.6) is 11.8 Å². The van der Waals surface area contributed by atoms with E-state index in [0.717, 1.165) is 0 Å². The first-order valence-corrected chi connectivity index (χ1v) is 5.08. The number of nitrogens with zero attached hydrogens (tertiary/aromatic N) is 5. The molecule has 8 heteroatoms. The van der Waals surface area contributed by atoms with E-state index in [4.69, 9.17) is 10.00 Å². The van der Waals surface area contributed by atoms with Gasteiger partial charge in [0, 0.05) is 18.2 Å². The maximum absolute atomic E-state index is 10.4. The summed E-state index contributed by atoms with van der Waals surface area (Å²) in [5.74, 6) is 0.742. The highest BCUT2D eigenvalue weighted by molar-refractivity contribution is 5.20. The van der Waals surface area contributed by atoms with Gasteiger partial charge in [-0.25, -0.2) is 0 Å². The number of hydrogen-bond donors (Lipinski definition) is 0. The van der Waals surface area contributed by atoms with Gasteiger partial charge in [-0.05, 0) is 6.07 Å². The van der Waals surface area contributed by atoms with Gasteiger partial charge in [0.05, 0.1) is 19.3 Å². The molecule has 0 unspecified atom stereocenters. The molecule has 0 atom stereocenters. The van der Waals surface area contributed by atoms with Crippen LogP contribution in [0.2, 0.25) is 0 Å². The van der Waals surface area contributed by atoms with Crippen molar-refractivity contribution in [3.63, 3.8) is 0 Å². The van der Waals surface area contributed by atoms with E-state index >= 15 is 0 Å². The van der Waals surface area contributed by atoms with Gasteiger partial charge in [0.25, 0.3) is 5.88 Å². The first-order valence-electron chi connectivity index (χ1n) is 5.08. The van der Waals surface area contributed by atoms with Crippen LogP contribution in [-0.4, -0.2) is 29.5 Å². The third kappa shape index (κ3) is 4.82. The second-order valence-electron chi connectivity index (χ2n) is 3.03. The summed E-state index contributed by atoms with van der Waals surface area (Å²) < 4.78 is 9.39. The van der Waals surface area contributed by atoms with E-state index < -0.39 is 0 Å². The molecule has 0 fully saturated rings. The van der Waals surface area contributed by atoms with E-state index in [0.29, 0.717) is 22.3 Å². The van der Waals surface area contributed by atoms with Crippen molar-refractivity contribution in [2.24, 2.45) is 0 Å². The van der Waals surface area contributed by atoms with Crippen molar-refractivity contribution in [3.05, 3.63) is 41.4 Å². The highest BCUT2D eigenvalue weighted by atomic mass is 16.5. The Bertz CT molecular complexity index is 553. The molecule has 0 spiro atoms. The van der Waals surface area contributed by atoms with Crippen molar-refractivity contribution in [1.82, 2.24) is 15.3 Å². The molecule has 0 aromatic carbocycles. The monoisotopic (exact) mass is 261 g/mol. The zero-order chi connectivity index (χ0) is 14.1. The fourth-order valence-corrected chi connectivity index (χ4v) is 0.960. The smallest absolute Gasteiger partial charge is 0.280 e. The average molecular weight is 261 g/mol. The van der Waals surface area contributed by atoms with Gasteiger partial charge in [0.1, 0.15) is 6.07 Å². The van der Waals surface area contributed by atoms with Crippen LogP contribution in [0.25, 0.3) is 0 Å². The predicted octanol–water partition coefficient (Wildman–Crippen LogP) is 0.0805. The van der Waals surface area contributed by atoms with Gasteiger partial charge in [0.15, 0.2) is 5.69 Å². The summed E-state index contributed by atoms with van der Waals surface area (Å²) in [6.07, 6.45) is 1.29. The van der Waals surface area contributed by atoms with Crippen molar-refractivity contribution < 1.29 is 14.3 Å². The Morgan fingerprint density at radius 2 is 1.89 bits per heavy atom. The Kier molecular flexibility index (Phi) is 5.49. The first-order chi connectivity index (χ1) is 9.19. The number of rotatable bonds is 2. The van der Waals surface area contributed by atoms with Gasteiger partial charge < -0.3 is 14.7 Å². The van der Waals surface area contributed by atoms with Crippen LogP contribution in [0, 0.1) is 16.5 Å². The summed E-state index contributed by atoms with van der Waals surface area (Å²) in [4.78, 5) is 0.443. The van der Waals surface area contributed by atoms with Gasteiger partial charge >= 0.3 is 0 Å². The molecule has 0 aliphatic carbocycles. The number of hydrogen-bond acceptors (Lipinski definition) is 7. The summed E-state index contributed by atoms with van der Waals surface area (Å²) in [5.41, 5.74) is 0.292. The highest BCUT2D eigenvalue weighted by Gasteiger charge is 1.94. The minimum absolute atomic E-state index is 0.292. The molecular formula is C11H11N5O3. The maximum Gasteiger partial charge on any atom is 0.280 e. The summed E-state index contributed by atoms with van der Waals surface area (Å²) in [6.45, 7) is 0. The molecule has 0 saturated carbocycles. The molecule has 2 rings (SSSR count). The SMILES string of the molecule is COc1ccc(C#N)nn1.COc1ccc[n+]([O-])n1. The molecule has 98 valence electrons. The summed E-state index contributed by atoms with van der Waals surface area (Å²) in [5, 5.41) is 29.2. The number of ether oxygens (including phenoxy) is 2. The normalized spacial score (nSPS) is 8.68. The van der Waals surface area contributed by atoms with Gasteiger partial charge in [0.2, 0.25) is 12.1 Å². The first kappa shape index (κ1) is 14.1. The number of nitriles is 1. The Hall–Kier alpha value is -2.95. The minimum Gasteiger partial charge on any atom is -0.594 e. The Morgan fingerprint density at radius 1 is 1.16 bits per heavy atom. The molecular weight excluding hydrogens is 250 g/mol. The average Bonchev–Trinajstić information content (AvgIpc) is 2.48. The van der Waals surface area contributed by atoms with Crippen LogP contribution in [0.1, 0.15) is 5.69 Å². The molecule has 2 aromatic rings. The standard InChI is InChI=1S/C6H5N3O.C5H6N2O2/c1-10-6-3-2-5(4-7)8-9-6;1-9-5-3-2-4-7(8)6-5/h2-3H,1H3;2-4H,1H3. The molecule has 0 aliphatic heterocycles. The summed E-state index contributed by atoms with van der Waals surface area (Å²) in [6, 6.07) is 8.16. The molecule has 2 heterocycles. The molecule has 0 saturated heterocycles. The number of methoxy groups -OCH3 is 2. The summed E-state index contributed by atoms with van der Waals surface area (Å²) in [7, 11) is 2.96. The summed E-state index contributed by atoms with van der Waals surface area (Å²) >= 11 is 0. The second kappa shape index (κ2) is 7.39. The van der Waals surface area contributed by atoms with Crippen molar-refractivity contribution in [3.8, 4) is 17.8 Å². The number of aromatic nitrogens is 4. The Morgan fingerprint density at radius 3 is 2.32 bits per heavy atom. The molecule has 0 aliphatic rings. The quantitative estimate of drug-likeness (QED) is 0.556. The minimum atomic E-state index is 0.292. The van der Waals surface area contributed by atoms with E-state index in [-0.39, 0.29) is 0 Å². The van der Waals surface area contributed by atoms with E-state index in [1.165, 1.54) is 20.4 Å². The van der Waals surface area contributed by atoms with Crippen LogP contribution >= 0.6 is 0 Å². The van der Waals surface area contributed by atoms with E-state index in [9.17, 15) is 5.21 Å². The third-order valence-electron chi connectivity index (χ3n) is 1.82. The van der Waals surface area contributed by atoms with Crippen LogP contribution < -0.4 is 14.3 Å². The molecule has 2 aromatic heterocycles. The van der Waals surface area contributed by atoms with E-state index in [1.54, 1.807) is 24.3 Å². The largest absolute Gasteiger partial charge is 0.594 e. The Balaban J connectivity index is 0.000000191. The molecule has 0 radical (unpaired) electrons. The van der Waals surface area contributed by atoms with Crippen molar-refractivity contribution in [1.29, 1.82) is 5.26 Å². The molecule has 0 bridgehead atoms. The lowest BCUT2D eigenvalue weighted by Gasteiger charge is -1.94. The van der Waals surface area contributed by atoms with Crippen molar-refractivity contribution in [2.75, 3.05) is 14.2 Å². The fraction of sp³-hybridized carbons (Fsp3) is 0.182. The van der Waals surface area contributed by atoms with Crippen molar-refractivity contribution >= 4 is 0 Å². The van der Waals surface area contributed by atoms with Gasteiger partial charge in [-0.15, -0.1) is 10.2 Å². The maximum atomic E-state index is 10.4. The fourth-order valence-electron chi connectivity index (χ4n) is 0.960. The second-order valence-corrected chi connectivity index (χ2v) is 3.03. The van der Waals surface area contributed by atoms with Gasteiger partial charge in [-0.2, -0.15) is 5.26 Å². The zero-order valence-electron chi connectivity index (χ0n) is 10.3. The molecule has 0 amide bonds. The third-order valence-corrected chi connectivity index (χ3v) is 1.82. The Labute approximate surface area is 109 Å². The molecule has 0 N–H and O–H groups in total. The van der Waals surface area contributed by atoms with Crippen LogP contribution in [0.4, 0.5) is 0 Å². The van der Waals surface area contributed by atoms with Gasteiger partial charge in [-0.1, -0.05) is 4.85 Å². The van der Waals surface area contributed by atoms with E-state index in [1.807, 2.05) is 6.07 Å². The van der Waals surface area contributed by atoms with Crippen LogP contribution in [0.3, 0.4) is 0 Å². The lowest BCUT2D eigenvalue weighted by atomic mass is 10.4. The zero-order valence-corrected chi connectivity index (χ0v) is 10.3.